The van der Waals surface area contributed by atoms with Gasteiger partial charge < -0.3 is 25.7 Å². The molecule has 1 saturated carbocycles. The molecule has 33 heavy (non-hydrogen) atoms. The zero-order valence-corrected chi connectivity index (χ0v) is 21.9. The first-order chi connectivity index (χ1) is 15.5. The Bertz CT molecular complexity index is 864. The average molecular weight is 499 g/mol. The van der Waals surface area contributed by atoms with Crippen molar-refractivity contribution in [1.82, 2.24) is 15.2 Å². The molecule has 0 bridgehead atoms. The highest BCUT2D eigenvalue weighted by atomic mass is 32.2. The maximum Gasteiger partial charge on any atom is 0.236 e. The van der Waals surface area contributed by atoms with Crippen molar-refractivity contribution in [3.8, 4) is 0 Å². The van der Waals surface area contributed by atoms with E-state index in [0.717, 1.165) is 23.5 Å². The lowest BCUT2D eigenvalue weighted by Gasteiger charge is -2.58. The Morgan fingerprint density at radius 3 is 2.67 bits per heavy atom. The molecular weight excluding hydrogens is 460 g/mol. The Kier molecular flexibility index (Phi) is 8.48. The fourth-order valence-corrected chi connectivity index (χ4v) is 7.08. The van der Waals surface area contributed by atoms with Gasteiger partial charge in [-0.15, -0.1) is 11.3 Å². The smallest absolute Gasteiger partial charge is 0.236 e. The lowest BCUT2D eigenvalue weighted by atomic mass is 9.47. The van der Waals surface area contributed by atoms with Crippen molar-refractivity contribution in [3.05, 3.63) is 10.6 Å². The number of carbonyl (C=O) groups excluding carboxylic acids is 2. The van der Waals surface area contributed by atoms with Crippen LogP contribution in [0.15, 0.2) is 0 Å². The van der Waals surface area contributed by atoms with Gasteiger partial charge in [0.2, 0.25) is 11.8 Å². The van der Waals surface area contributed by atoms with Gasteiger partial charge in [-0.05, 0) is 50.9 Å². The summed E-state index contributed by atoms with van der Waals surface area (Å²) in [6.07, 6.45) is 3.60. The van der Waals surface area contributed by atoms with E-state index in [9.17, 15) is 19.8 Å². The monoisotopic (exact) mass is 498 g/mol. The molecule has 2 aliphatic rings. The van der Waals surface area contributed by atoms with E-state index in [1.807, 2.05) is 32.2 Å². The summed E-state index contributed by atoms with van der Waals surface area (Å²) >= 11 is 2.91. The predicted octanol–water partition coefficient (Wildman–Crippen LogP) is 1.93. The summed E-state index contributed by atoms with van der Waals surface area (Å²) in [4.78, 5) is 33.0. The van der Waals surface area contributed by atoms with Crippen molar-refractivity contribution < 1.29 is 19.8 Å². The van der Waals surface area contributed by atoms with Crippen LogP contribution in [0.2, 0.25) is 0 Å². The van der Waals surface area contributed by atoms with E-state index in [1.165, 1.54) is 23.1 Å². The van der Waals surface area contributed by atoms with E-state index < -0.39 is 11.5 Å². The van der Waals surface area contributed by atoms with Crippen LogP contribution in [0.4, 0.5) is 5.13 Å². The number of aliphatic hydroxyl groups is 2. The van der Waals surface area contributed by atoms with E-state index in [4.69, 9.17) is 4.98 Å². The van der Waals surface area contributed by atoms with Gasteiger partial charge >= 0.3 is 0 Å². The lowest BCUT2D eigenvalue weighted by molar-refractivity contribution is -0.144. The number of nitrogens with one attached hydrogen (secondary N) is 2. The standard InChI is InChI=1S/C23H38N4O4S2/c1-22-7-6-17(29)23(2,13-28)16(22)11-15-20(26-21(33-15)25-19(31)12-32-5)14(22)10-18(30)24-8-9-27(3)4/h14,16-17,28-29H,6-13H2,1-5H3,(H,24,30)(H,25,26,31). The molecule has 1 aromatic heterocycles. The van der Waals surface area contributed by atoms with Crippen molar-refractivity contribution in [1.29, 1.82) is 0 Å². The van der Waals surface area contributed by atoms with Crippen LogP contribution in [-0.4, -0.2) is 83.8 Å². The molecule has 0 aromatic carbocycles. The molecule has 0 spiro atoms. The first-order valence-electron chi connectivity index (χ1n) is 11.5. The molecule has 2 amide bonds. The van der Waals surface area contributed by atoms with Crippen LogP contribution in [0.5, 0.6) is 0 Å². The normalized spacial score (nSPS) is 31.1. The summed E-state index contributed by atoms with van der Waals surface area (Å²) in [5, 5.41) is 27.6. The molecular formula is C23H38N4O4S2. The maximum atomic E-state index is 13.0. The highest BCUT2D eigenvalue weighted by Crippen LogP contribution is 2.62. The number of hydrogen-bond donors (Lipinski definition) is 4. The maximum absolute atomic E-state index is 13.0. The van der Waals surface area contributed by atoms with E-state index in [1.54, 1.807) is 0 Å². The molecule has 2 aliphatic carbocycles. The second-order valence-electron chi connectivity index (χ2n) is 10.2. The number of anilines is 1. The number of aliphatic hydroxyl groups excluding tert-OH is 2. The number of likely N-dealkylation sites (N-methyl/N-ethyl adjacent to an activating group) is 1. The van der Waals surface area contributed by atoms with Gasteiger partial charge in [0.05, 0.1) is 24.2 Å². The number of thiazole rings is 1. The predicted molar refractivity (Wildman–Crippen MR) is 134 cm³/mol. The van der Waals surface area contributed by atoms with Crippen molar-refractivity contribution in [2.75, 3.05) is 51.1 Å². The SMILES string of the molecule is CSCC(=O)Nc1nc2c(s1)CC1C(C)(CO)C(O)CCC1(C)C2CC(=O)NCCN(C)C. The van der Waals surface area contributed by atoms with Gasteiger partial charge in [-0.2, -0.15) is 11.8 Å². The summed E-state index contributed by atoms with van der Waals surface area (Å²) in [7, 11) is 3.94. The summed E-state index contributed by atoms with van der Waals surface area (Å²) < 4.78 is 0. The Morgan fingerprint density at radius 1 is 1.30 bits per heavy atom. The number of carbonyl (C=O) groups is 2. The van der Waals surface area contributed by atoms with Crippen LogP contribution >= 0.6 is 23.1 Å². The van der Waals surface area contributed by atoms with Crippen molar-refractivity contribution in [2.45, 2.75) is 51.6 Å². The molecule has 0 saturated heterocycles. The summed E-state index contributed by atoms with van der Waals surface area (Å²) in [6.45, 7) is 5.37. The molecule has 186 valence electrons. The number of thioether (sulfide) groups is 1. The highest BCUT2D eigenvalue weighted by Gasteiger charge is 2.59. The van der Waals surface area contributed by atoms with Gasteiger partial charge in [-0.3, -0.25) is 9.59 Å². The third-order valence-electron chi connectivity index (χ3n) is 7.69. The van der Waals surface area contributed by atoms with Crippen LogP contribution in [0.25, 0.3) is 0 Å². The molecule has 0 radical (unpaired) electrons. The number of hydrogen-bond acceptors (Lipinski definition) is 8. The van der Waals surface area contributed by atoms with Gasteiger partial charge in [0.25, 0.3) is 0 Å². The third-order valence-corrected chi connectivity index (χ3v) is 9.25. The number of amides is 2. The van der Waals surface area contributed by atoms with Crippen LogP contribution in [-0.2, 0) is 16.0 Å². The Hall–Kier alpha value is -1.20. The minimum Gasteiger partial charge on any atom is -0.396 e. The second-order valence-corrected chi connectivity index (χ2v) is 12.1. The molecule has 10 heteroatoms. The summed E-state index contributed by atoms with van der Waals surface area (Å²) in [5.41, 5.74) is -0.0639. The van der Waals surface area contributed by atoms with Gasteiger partial charge in [-0.1, -0.05) is 13.8 Å². The number of nitrogens with zero attached hydrogens (tertiary/aromatic N) is 2. The quantitative estimate of drug-likeness (QED) is 0.411. The lowest BCUT2D eigenvalue weighted by Crippen LogP contribution is -2.57. The second kappa shape index (κ2) is 10.6. The van der Waals surface area contributed by atoms with Crippen LogP contribution in [0, 0.1) is 16.7 Å². The molecule has 5 unspecified atom stereocenters. The van der Waals surface area contributed by atoms with Crippen molar-refractivity contribution in [2.24, 2.45) is 16.7 Å². The molecule has 4 N–H and O–H groups in total. The van der Waals surface area contributed by atoms with Crippen molar-refractivity contribution in [3.63, 3.8) is 0 Å². The average Bonchev–Trinajstić information content (AvgIpc) is 3.14. The number of rotatable bonds is 9. The van der Waals surface area contributed by atoms with E-state index in [2.05, 4.69) is 17.6 Å². The molecule has 1 fully saturated rings. The van der Waals surface area contributed by atoms with Gasteiger partial charge in [0.1, 0.15) is 0 Å². The first-order valence-corrected chi connectivity index (χ1v) is 13.7. The molecule has 8 nitrogen and oxygen atoms in total. The molecule has 1 heterocycles. The van der Waals surface area contributed by atoms with Crippen LogP contribution in [0.1, 0.15) is 49.6 Å². The number of fused-ring (bicyclic) bond motifs is 2. The zero-order chi connectivity index (χ0) is 24.4. The van der Waals surface area contributed by atoms with Gasteiger partial charge in [-0.25, -0.2) is 4.98 Å². The first kappa shape index (κ1) is 26.4. The number of aromatic nitrogens is 1. The summed E-state index contributed by atoms with van der Waals surface area (Å²) in [5.74, 6) is 0.0996. The topological polar surface area (TPSA) is 115 Å². The fraction of sp³-hybridized carbons (Fsp3) is 0.783. The van der Waals surface area contributed by atoms with E-state index in [-0.39, 0.29) is 35.7 Å². The Morgan fingerprint density at radius 2 is 2.03 bits per heavy atom. The minimum absolute atomic E-state index is 0.000948. The van der Waals surface area contributed by atoms with Crippen LogP contribution in [0.3, 0.4) is 0 Å². The van der Waals surface area contributed by atoms with Gasteiger partial charge in [0.15, 0.2) is 5.13 Å². The largest absolute Gasteiger partial charge is 0.396 e. The Balaban J connectivity index is 1.94. The van der Waals surface area contributed by atoms with Crippen LogP contribution < -0.4 is 10.6 Å². The highest BCUT2D eigenvalue weighted by molar-refractivity contribution is 7.99. The van der Waals surface area contributed by atoms with Crippen molar-refractivity contribution >= 4 is 40.0 Å². The molecule has 5 atom stereocenters. The molecule has 1 aromatic rings. The summed E-state index contributed by atoms with van der Waals surface area (Å²) in [6, 6.07) is 0. The van der Waals surface area contributed by atoms with Gasteiger partial charge in [0, 0.05) is 35.7 Å². The Labute approximate surface area is 204 Å². The molecule has 3 rings (SSSR count). The third kappa shape index (κ3) is 5.40. The van der Waals surface area contributed by atoms with E-state index in [0.29, 0.717) is 36.7 Å². The fourth-order valence-electron chi connectivity index (χ4n) is 5.66. The molecule has 0 aliphatic heterocycles. The minimum atomic E-state index is -0.656. The van der Waals surface area contributed by atoms with E-state index >= 15 is 0 Å². The zero-order valence-electron chi connectivity index (χ0n) is 20.3.